The number of rotatable bonds is 5. The molecule has 0 atom stereocenters. The number of carbonyl (C=O) groups excluding carboxylic acids is 1. The van der Waals surface area contributed by atoms with Gasteiger partial charge in [-0.05, 0) is 23.3 Å². The maximum absolute atomic E-state index is 12.2. The lowest BCUT2D eigenvalue weighted by Crippen LogP contribution is -2.21. The predicted molar refractivity (Wildman–Crippen MR) is 87.7 cm³/mol. The number of amides is 1. The lowest BCUT2D eigenvalue weighted by molar-refractivity contribution is -0.117. The van der Waals surface area contributed by atoms with Crippen molar-refractivity contribution >= 4 is 11.6 Å². The average molecular weight is 307 g/mol. The molecular weight excluding hydrogens is 290 g/mol. The van der Waals surface area contributed by atoms with Crippen LogP contribution >= 0.6 is 0 Å². The molecule has 23 heavy (non-hydrogen) atoms. The van der Waals surface area contributed by atoms with Gasteiger partial charge >= 0.3 is 0 Å². The SMILES string of the molecule is CCc1ccccc1NC(=O)Cn1nnc(-c2ccccc2)n1. The lowest BCUT2D eigenvalue weighted by atomic mass is 10.1. The Balaban J connectivity index is 1.68. The van der Waals surface area contributed by atoms with Crippen LogP contribution in [0.25, 0.3) is 11.4 Å². The van der Waals surface area contributed by atoms with Crippen molar-refractivity contribution in [2.75, 3.05) is 5.32 Å². The van der Waals surface area contributed by atoms with Crippen LogP contribution < -0.4 is 5.32 Å². The number of hydrogen-bond donors (Lipinski definition) is 1. The Hall–Kier alpha value is -3.02. The average Bonchev–Trinajstić information content (AvgIpc) is 3.04. The number of hydrogen-bond acceptors (Lipinski definition) is 4. The fourth-order valence-electron chi connectivity index (χ4n) is 2.28. The third-order valence-corrected chi connectivity index (χ3v) is 3.44. The number of aromatic nitrogens is 4. The van der Waals surface area contributed by atoms with Gasteiger partial charge < -0.3 is 5.32 Å². The quantitative estimate of drug-likeness (QED) is 0.786. The van der Waals surface area contributed by atoms with E-state index in [1.165, 1.54) is 4.80 Å². The summed E-state index contributed by atoms with van der Waals surface area (Å²) in [5.74, 6) is 0.329. The van der Waals surface area contributed by atoms with Gasteiger partial charge in [0, 0.05) is 11.3 Å². The minimum atomic E-state index is -0.178. The van der Waals surface area contributed by atoms with Gasteiger partial charge in [0.1, 0.15) is 6.54 Å². The second kappa shape index (κ2) is 6.83. The van der Waals surface area contributed by atoms with Crippen LogP contribution in [-0.4, -0.2) is 26.1 Å². The number of carbonyl (C=O) groups is 1. The van der Waals surface area contributed by atoms with Crippen molar-refractivity contribution in [1.29, 1.82) is 0 Å². The topological polar surface area (TPSA) is 72.7 Å². The number of aryl methyl sites for hydroxylation is 1. The molecule has 6 nitrogen and oxygen atoms in total. The van der Waals surface area contributed by atoms with E-state index in [1.807, 2.05) is 54.6 Å². The van der Waals surface area contributed by atoms with Gasteiger partial charge in [0.25, 0.3) is 0 Å². The van der Waals surface area contributed by atoms with E-state index in [4.69, 9.17) is 0 Å². The molecule has 116 valence electrons. The molecule has 1 amide bonds. The third-order valence-electron chi connectivity index (χ3n) is 3.44. The van der Waals surface area contributed by atoms with E-state index in [9.17, 15) is 4.79 Å². The summed E-state index contributed by atoms with van der Waals surface area (Å²) < 4.78 is 0. The summed E-state index contributed by atoms with van der Waals surface area (Å²) >= 11 is 0. The molecule has 0 aliphatic rings. The van der Waals surface area contributed by atoms with E-state index in [0.717, 1.165) is 23.2 Å². The predicted octanol–water partition coefficient (Wildman–Crippen LogP) is 2.54. The molecule has 0 unspecified atom stereocenters. The number of nitrogens with one attached hydrogen (secondary N) is 1. The number of anilines is 1. The fraction of sp³-hybridized carbons (Fsp3) is 0.176. The molecule has 0 saturated carbocycles. The van der Waals surface area contributed by atoms with E-state index in [2.05, 4.69) is 27.7 Å². The Kier molecular flexibility index (Phi) is 4.42. The summed E-state index contributed by atoms with van der Waals surface area (Å²) in [5, 5.41) is 15.0. The molecule has 6 heteroatoms. The van der Waals surface area contributed by atoms with Crippen molar-refractivity contribution in [3.63, 3.8) is 0 Å². The van der Waals surface area contributed by atoms with Crippen molar-refractivity contribution in [3.8, 4) is 11.4 Å². The molecule has 1 N–H and O–H groups in total. The van der Waals surface area contributed by atoms with Gasteiger partial charge in [-0.1, -0.05) is 55.5 Å². The molecule has 0 radical (unpaired) electrons. The molecule has 2 aromatic carbocycles. The van der Waals surface area contributed by atoms with Gasteiger partial charge in [-0.15, -0.1) is 10.2 Å². The van der Waals surface area contributed by atoms with E-state index in [-0.39, 0.29) is 12.5 Å². The standard InChI is InChI=1S/C17H17N5O/c1-2-13-8-6-7-11-15(13)18-16(23)12-22-20-17(19-21-22)14-9-4-3-5-10-14/h3-11H,2,12H2,1H3,(H,18,23). The fourth-order valence-corrected chi connectivity index (χ4v) is 2.28. The minimum absolute atomic E-state index is 0.0257. The van der Waals surface area contributed by atoms with E-state index in [0.29, 0.717) is 5.82 Å². The largest absolute Gasteiger partial charge is 0.324 e. The number of para-hydroxylation sites is 1. The molecule has 0 spiro atoms. The first-order chi connectivity index (χ1) is 11.3. The molecular formula is C17H17N5O. The first-order valence-corrected chi connectivity index (χ1v) is 7.47. The maximum Gasteiger partial charge on any atom is 0.248 e. The van der Waals surface area contributed by atoms with Crippen molar-refractivity contribution in [3.05, 3.63) is 60.2 Å². The Morgan fingerprint density at radius 1 is 1.09 bits per heavy atom. The minimum Gasteiger partial charge on any atom is -0.324 e. The van der Waals surface area contributed by atoms with Gasteiger partial charge in [0.05, 0.1) is 0 Å². The highest BCUT2D eigenvalue weighted by Gasteiger charge is 2.10. The van der Waals surface area contributed by atoms with E-state index >= 15 is 0 Å². The van der Waals surface area contributed by atoms with E-state index in [1.54, 1.807) is 0 Å². The van der Waals surface area contributed by atoms with Crippen molar-refractivity contribution in [2.45, 2.75) is 19.9 Å². The van der Waals surface area contributed by atoms with Gasteiger partial charge in [-0.3, -0.25) is 4.79 Å². The zero-order chi connectivity index (χ0) is 16.1. The first kappa shape index (κ1) is 14.9. The van der Waals surface area contributed by atoms with Crippen molar-refractivity contribution < 1.29 is 4.79 Å². The Morgan fingerprint density at radius 3 is 2.61 bits per heavy atom. The van der Waals surface area contributed by atoms with Crippen LogP contribution in [-0.2, 0) is 17.8 Å². The number of nitrogens with zero attached hydrogens (tertiary/aromatic N) is 4. The molecule has 0 aliphatic carbocycles. The van der Waals surface area contributed by atoms with Gasteiger partial charge in [0.2, 0.25) is 11.7 Å². The van der Waals surface area contributed by atoms with Gasteiger partial charge in [-0.2, -0.15) is 4.80 Å². The summed E-state index contributed by atoms with van der Waals surface area (Å²) in [7, 11) is 0. The lowest BCUT2D eigenvalue weighted by Gasteiger charge is -2.08. The number of benzene rings is 2. The highest BCUT2D eigenvalue weighted by molar-refractivity contribution is 5.91. The smallest absolute Gasteiger partial charge is 0.248 e. The maximum atomic E-state index is 12.2. The monoisotopic (exact) mass is 307 g/mol. The van der Waals surface area contributed by atoms with Crippen LogP contribution in [0.15, 0.2) is 54.6 Å². The second-order valence-electron chi connectivity index (χ2n) is 5.07. The third kappa shape index (κ3) is 3.60. The van der Waals surface area contributed by atoms with Crippen LogP contribution in [0, 0.1) is 0 Å². The number of tetrazole rings is 1. The highest BCUT2D eigenvalue weighted by atomic mass is 16.2. The van der Waals surface area contributed by atoms with Crippen LogP contribution in [0.4, 0.5) is 5.69 Å². The molecule has 3 rings (SSSR count). The Bertz CT molecular complexity index is 798. The summed E-state index contributed by atoms with van der Waals surface area (Å²) in [6.07, 6.45) is 0.857. The Morgan fingerprint density at radius 2 is 1.83 bits per heavy atom. The van der Waals surface area contributed by atoms with Gasteiger partial charge in [-0.25, -0.2) is 0 Å². The molecule has 0 saturated heterocycles. The molecule has 0 aliphatic heterocycles. The van der Waals surface area contributed by atoms with Crippen molar-refractivity contribution in [1.82, 2.24) is 20.2 Å². The summed E-state index contributed by atoms with van der Waals surface area (Å²) in [4.78, 5) is 13.5. The highest BCUT2D eigenvalue weighted by Crippen LogP contribution is 2.15. The summed E-state index contributed by atoms with van der Waals surface area (Å²) in [6, 6.07) is 17.3. The van der Waals surface area contributed by atoms with Crippen LogP contribution in [0.3, 0.4) is 0 Å². The summed E-state index contributed by atoms with van der Waals surface area (Å²) in [5.41, 5.74) is 2.79. The first-order valence-electron chi connectivity index (χ1n) is 7.47. The van der Waals surface area contributed by atoms with E-state index < -0.39 is 0 Å². The molecule has 1 aromatic heterocycles. The van der Waals surface area contributed by atoms with Crippen LogP contribution in [0.2, 0.25) is 0 Å². The van der Waals surface area contributed by atoms with Crippen molar-refractivity contribution in [2.24, 2.45) is 0 Å². The zero-order valence-electron chi connectivity index (χ0n) is 12.8. The Labute approximate surface area is 134 Å². The van der Waals surface area contributed by atoms with Crippen LogP contribution in [0.1, 0.15) is 12.5 Å². The molecule has 0 bridgehead atoms. The molecule has 1 heterocycles. The van der Waals surface area contributed by atoms with Gasteiger partial charge in [0.15, 0.2) is 0 Å². The normalized spacial score (nSPS) is 10.5. The van der Waals surface area contributed by atoms with Crippen LogP contribution in [0.5, 0.6) is 0 Å². The molecule has 0 fully saturated rings. The second-order valence-corrected chi connectivity index (χ2v) is 5.07. The molecule has 3 aromatic rings. The zero-order valence-corrected chi connectivity index (χ0v) is 12.8. The summed E-state index contributed by atoms with van der Waals surface area (Å²) in [6.45, 7) is 2.08.